The zero-order chi connectivity index (χ0) is 30.6. The molecule has 0 saturated heterocycles. The number of carbonyl (C=O) groups is 3. The first-order chi connectivity index (χ1) is 18.7. The Balaban J connectivity index is 3.32. The van der Waals surface area contributed by atoms with Crippen molar-refractivity contribution in [3.05, 3.63) is 77.9 Å². The third kappa shape index (κ3) is 9.63. The molecule has 0 radical (unpaired) electrons. The summed E-state index contributed by atoms with van der Waals surface area (Å²) in [5.41, 5.74) is 2.75. The normalized spacial score (nSPS) is 16.0. The second kappa shape index (κ2) is 16.0. The van der Waals surface area contributed by atoms with Crippen LogP contribution in [-0.4, -0.2) is 60.0 Å². The summed E-state index contributed by atoms with van der Waals surface area (Å²) in [4.78, 5) is 40.3. The number of carboxylic acids is 1. The number of nitrogens with zero attached hydrogens (tertiary/aromatic N) is 1. The fraction of sp³-hybridized carbons (Fsp3) is 0.485. The molecule has 0 aromatic heterocycles. The summed E-state index contributed by atoms with van der Waals surface area (Å²) in [6, 6.07) is 8.23. The summed E-state index contributed by atoms with van der Waals surface area (Å²) >= 11 is 0. The van der Waals surface area contributed by atoms with Crippen LogP contribution < -0.4 is 10.6 Å². The van der Waals surface area contributed by atoms with Crippen LogP contribution in [0.5, 0.6) is 0 Å². The number of hydrogen-bond donors (Lipinski definition) is 3. The number of allylic oxidation sites excluding steroid dienone is 4. The number of carbonyl (C=O) groups excluding carboxylic acids is 2. The molecule has 0 aliphatic carbocycles. The Morgan fingerprint density at radius 2 is 1.73 bits per heavy atom. The monoisotopic (exact) mass is 551 g/mol. The van der Waals surface area contributed by atoms with Gasteiger partial charge in [-0.2, -0.15) is 0 Å². The molecular weight excluding hydrogens is 502 g/mol. The van der Waals surface area contributed by atoms with Gasteiger partial charge in [-0.15, -0.1) is 0 Å². The molecule has 4 atom stereocenters. The zero-order valence-corrected chi connectivity index (χ0v) is 25.7. The molecule has 0 saturated carbocycles. The van der Waals surface area contributed by atoms with E-state index >= 15 is 0 Å². The second-order valence-corrected chi connectivity index (χ2v) is 11.2. The number of aliphatic carboxylic acids is 1. The molecule has 7 heteroatoms. The molecule has 0 spiro atoms. The van der Waals surface area contributed by atoms with E-state index in [0.29, 0.717) is 6.42 Å². The van der Waals surface area contributed by atoms with E-state index < -0.39 is 29.5 Å². The zero-order valence-electron chi connectivity index (χ0n) is 25.7. The van der Waals surface area contributed by atoms with Crippen molar-refractivity contribution in [2.45, 2.75) is 79.4 Å². The number of amides is 2. The Morgan fingerprint density at radius 3 is 2.17 bits per heavy atom. The van der Waals surface area contributed by atoms with Crippen LogP contribution in [0.2, 0.25) is 0 Å². The topological polar surface area (TPSA) is 98.7 Å². The molecule has 220 valence electrons. The van der Waals surface area contributed by atoms with Crippen LogP contribution in [0, 0.1) is 11.3 Å². The van der Waals surface area contributed by atoms with Crippen LogP contribution >= 0.6 is 0 Å². The number of hydrogen-bond acceptors (Lipinski definition) is 4. The first kappa shape index (κ1) is 34.6. The van der Waals surface area contributed by atoms with E-state index in [4.69, 9.17) is 0 Å². The highest BCUT2D eigenvalue weighted by Gasteiger charge is 2.38. The van der Waals surface area contributed by atoms with Crippen LogP contribution in [-0.2, 0) is 14.4 Å². The Kier molecular flexibility index (Phi) is 13.8. The molecule has 2 amide bonds. The number of rotatable bonds is 14. The molecule has 0 fully saturated rings. The Bertz CT molecular complexity index is 1110. The van der Waals surface area contributed by atoms with Crippen molar-refractivity contribution in [2.75, 3.05) is 14.1 Å². The van der Waals surface area contributed by atoms with Crippen molar-refractivity contribution in [3.8, 4) is 0 Å². The van der Waals surface area contributed by atoms with Gasteiger partial charge in [0.25, 0.3) is 0 Å². The minimum atomic E-state index is -1.02. The van der Waals surface area contributed by atoms with Gasteiger partial charge in [-0.25, -0.2) is 4.79 Å². The molecule has 1 aromatic rings. The maximum Gasteiger partial charge on any atom is 0.331 e. The summed E-state index contributed by atoms with van der Waals surface area (Å²) in [6.07, 6.45) is 8.70. The van der Waals surface area contributed by atoms with E-state index in [0.717, 1.165) is 23.1 Å². The summed E-state index contributed by atoms with van der Waals surface area (Å²) in [6.45, 7) is 17.1. The summed E-state index contributed by atoms with van der Waals surface area (Å²) in [7, 11) is 3.40. The molecule has 1 rings (SSSR count). The van der Waals surface area contributed by atoms with Crippen molar-refractivity contribution in [1.29, 1.82) is 0 Å². The highest BCUT2D eigenvalue weighted by Crippen LogP contribution is 2.27. The molecule has 3 N–H and O–H groups in total. The highest BCUT2D eigenvalue weighted by molar-refractivity contribution is 5.91. The highest BCUT2D eigenvalue weighted by atomic mass is 16.4. The van der Waals surface area contributed by atoms with Crippen LogP contribution in [0.15, 0.2) is 72.4 Å². The SMILES string of the molecule is C=C/C=C(\C=C(/CC)C(C)C(NC)C(=O)NC(C(=O)N(C)[C@H](/C=C(\C)C(=O)O)CC)C(C)(C)C)c1ccccc1. The second-order valence-electron chi connectivity index (χ2n) is 11.2. The molecule has 0 bridgehead atoms. The lowest BCUT2D eigenvalue weighted by molar-refractivity contribution is -0.140. The minimum Gasteiger partial charge on any atom is -0.478 e. The van der Waals surface area contributed by atoms with Crippen molar-refractivity contribution < 1.29 is 19.5 Å². The fourth-order valence-electron chi connectivity index (χ4n) is 4.67. The molecule has 40 heavy (non-hydrogen) atoms. The van der Waals surface area contributed by atoms with Gasteiger partial charge >= 0.3 is 5.97 Å². The van der Waals surface area contributed by atoms with Crippen molar-refractivity contribution in [3.63, 3.8) is 0 Å². The first-order valence-corrected chi connectivity index (χ1v) is 14.0. The number of carboxylic acid groups (broad SMARTS) is 1. The van der Waals surface area contributed by atoms with Gasteiger partial charge in [0, 0.05) is 18.5 Å². The van der Waals surface area contributed by atoms with Crippen LogP contribution in [0.25, 0.3) is 5.57 Å². The Hall–Kier alpha value is -3.45. The molecule has 0 aliphatic heterocycles. The van der Waals surface area contributed by atoms with E-state index in [1.54, 1.807) is 26.2 Å². The van der Waals surface area contributed by atoms with Gasteiger partial charge in [-0.1, -0.05) is 108 Å². The molecule has 7 nitrogen and oxygen atoms in total. The first-order valence-electron chi connectivity index (χ1n) is 14.0. The van der Waals surface area contributed by atoms with E-state index in [1.165, 1.54) is 11.8 Å². The van der Waals surface area contributed by atoms with Gasteiger partial charge in [-0.3, -0.25) is 9.59 Å². The number of nitrogens with one attached hydrogen (secondary N) is 2. The van der Waals surface area contributed by atoms with E-state index in [9.17, 15) is 19.5 Å². The molecule has 0 aliphatic rings. The quantitative estimate of drug-likeness (QED) is 0.206. The predicted molar refractivity (Wildman–Crippen MR) is 165 cm³/mol. The third-order valence-corrected chi connectivity index (χ3v) is 7.27. The fourth-order valence-corrected chi connectivity index (χ4v) is 4.67. The van der Waals surface area contributed by atoms with Crippen molar-refractivity contribution >= 4 is 23.4 Å². The molecule has 3 unspecified atom stereocenters. The van der Waals surface area contributed by atoms with Crippen molar-refractivity contribution in [2.24, 2.45) is 11.3 Å². The van der Waals surface area contributed by atoms with E-state index in [1.807, 2.05) is 71.0 Å². The maximum absolute atomic E-state index is 13.7. The van der Waals surface area contributed by atoms with Gasteiger partial charge in [0.1, 0.15) is 6.04 Å². The largest absolute Gasteiger partial charge is 0.478 e. The molecule has 0 heterocycles. The Labute approximate surface area is 241 Å². The Morgan fingerprint density at radius 1 is 1.12 bits per heavy atom. The summed E-state index contributed by atoms with van der Waals surface area (Å²) in [5, 5.41) is 15.5. The van der Waals surface area contributed by atoms with Gasteiger partial charge in [0.05, 0.1) is 12.1 Å². The smallest absolute Gasteiger partial charge is 0.331 e. The summed E-state index contributed by atoms with van der Waals surface area (Å²) < 4.78 is 0. The van der Waals surface area contributed by atoms with Gasteiger partial charge in [-0.05, 0) is 43.4 Å². The predicted octanol–water partition coefficient (Wildman–Crippen LogP) is 5.62. The lowest BCUT2D eigenvalue weighted by atomic mass is 9.84. The average Bonchev–Trinajstić information content (AvgIpc) is 2.91. The molecule has 1 aromatic carbocycles. The number of likely N-dealkylation sites (N-methyl/N-ethyl adjacent to an activating group) is 2. The standard InChI is InChI=1S/C33H49N3O4/c1-11-17-26(25-18-15-14-16-19-25)21-24(12-2)23(5)28(34-9)30(37)35-29(33(6,7)8)31(38)36(10)27(13-3)20-22(4)32(39)40/h11,14-21,23,27-29,34H,1,12-13H2,2-10H3,(H,35,37)(H,39,40)/b22-20+,24-21+,26-17+/t23?,27-,28?,29?/m0/s1. The number of benzene rings is 1. The third-order valence-electron chi connectivity index (χ3n) is 7.27. The van der Waals surface area contributed by atoms with Crippen LogP contribution in [0.4, 0.5) is 0 Å². The lowest BCUT2D eigenvalue weighted by Gasteiger charge is -2.37. The van der Waals surface area contributed by atoms with Gasteiger partial charge < -0.3 is 20.6 Å². The van der Waals surface area contributed by atoms with E-state index in [2.05, 4.69) is 30.2 Å². The van der Waals surface area contributed by atoms with Crippen LogP contribution in [0.3, 0.4) is 0 Å². The maximum atomic E-state index is 13.7. The average molecular weight is 552 g/mol. The van der Waals surface area contributed by atoms with Crippen LogP contribution in [0.1, 0.15) is 66.9 Å². The minimum absolute atomic E-state index is 0.162. The van der Waals surface area contributed by atoms with Gasteiger partial charge in [0.15, 0.2) is 0 Å². The lowest BCUT2D eigenvalue weighted by Crippen LogP contribution is -2.59. The van der Waals surface area contributed by atoms with Gasteiger partial charge in [0.2, 0.25) is 11.8 Å². The molecular formula is C33H49N3O4. The van der Waals surface area contributed by atoms with E-state index in [-0.39, 0.29) is 23.3 Å². The summed E-state index contributed by atoms with van der Waals surface area (Å²) in [5.74, 6) is -1.72. The van der Waals surface area contributed by atoms with Crippen molar-refractivity contribution in [1.82, 2.24) is 15.5 Å².